The Kier molecular flexibility index (Phi) is 5.49. The summed E-state index contributed by atoms with van der Waals surface area (Å²) in [4.78, 5) is 20.1. The van der Waals surface area contributed by atoms with Gasteiger partial charge in [0.15, 0.2) is 5.82 Å². The Morgan fingerprint density at radius 2 is 1.86 bits per heavy atom. The summed E-state index contributed by atoms with van der Waals surface area (Å²) in [7, 11) is 0. The first-order chi connectivity index (χ1) is 14.1. The Hall–Kier alpha value is -2.92. The van der Waals surface area contributed by atoms with Gasteiger partial charge in [-0.1, -0.05) is 63.6 Å². The van der Waals surface area contributed by atoms with Crippen LogP contribution in [0.15, 0.2) is 57.7 Å². The normalized spacial score (nSPS) is 12.8. The number of para-hydroxylation sites is 1. The highest BCUT2D eigenvalue weighted by atomic mass is 16.3. The number of rotatable bonds is 7. The van der Waals surface area contributed by atoms with Crippen molar-refractivity contribution in [2.45, 2.75) is 46.2 Å². The summed E-state index contributed by atoms with van der Waals surface area (Å²) < 4.78 is 5.69. The zero-order chi connectivity index (χ0) is 20.4. The van der Waals surface area contributed by atoms with E-state index >= 15 is 0 Å². The van der Waals surface area contributed by atoms with Crippen LogP contribution in [0.1, 0.15) is 50.2 Å². The molecule has 2 aromatic carbocycles. The molecule has 1 atom stereocenters. The van der Waals surface area contributed by atoms with Crippen molar-refractivity contribution >= 4 is 22.1 Å². The molecule has 0 bridgehead atoms. The van der Waals surface area contributed by atoms with Gasteiger partial charge in [-0.25, -0.2) is 4.98 Å². The molecular formula is C24H28N3O2+. The van der Waals surface area contributed by atoms with Gasteiger partial charge < -0.3 is 14.7 Å². The second-order valence-corrected chi connectivity index (χ2v) is 7.99. The monoisotopic (exact) mass is 390 g/mol. The maximum atomic E-state index is 12.5. The fourth-order valence-corrected chi connectivity index (χ4v) is 3.97. The van der Waals surface area contributed by atoms with E-state index < -0.39 is 0 Å². The summed E-state index contributed by atoms with van der Waals surface area (Å²) in [5.74, 6) is 1.12. The molecule has 0 aliphatic heterocycles. The van der Waals surface area contributed by atoms with Gasteiger partial charge in [0.1, 0.15) is 23.7 Å². The minimum atomic E-state index is -0.223. The highest BCUT2D eigenvalue weighted by Gasteiger charge is 2.20. The summed E-state index contributed by atoms with van der Waals surface area (Å²) in [6.07, 6.45) is 2.27. The lowest BCUT2D eigenvalue weighted by Gasteiger charge is -2.19. The van der Waals surface area contributed by atoms with Crippen LogP contribution in [0, 0.1) is 5.92 Å². The maximum Gasteiger partial charge on any atom is 0.294 e. The van der Waals surface area contributed by atoms with Crippen molar-refractivity contribution in [3.05, 3.63) is 75.8 Å². The average molecular weight is 391 g/mol. The van der Waals surface area contributed by atoms with Crippen LogP contribution < -0.4 is 10.9 Å². The van der Waals surface area contributed by atoms with E-state index in [0.29, 0.717) is 41.0 Å². The largest absolute Gasteiger partial charge is 0.449 e. The van der Waals surface area contributed by atoms with E-state index in [4.69, 9.17) is 9.40 Å². The highest BCUT2D eigenvalue weighted by Crippen LogP contribution is 2.24. The molecule has 150 valence electrons. The third-order valence-corrected chi connectivity index (χ3v) is 5.47. The minimum Gasteiger partial charge on any atom is -0.449 e. The number of nitrogens with two attached hydrogens (primary N) is 1. The van der Waals surface area contributed by atoms with Crippen molar-refractivity contribution in [3.8, 4) is 0 Å². The fraction of sp³-hybridized carbons (Fsp3) is 0.333. The lowest BCUT2D eigenvalue weighted by Crippen LogP contribution is -2.85. The van der Waals surface area contributed by atoms with E-state index in [1.807, 2.05) is 24.3 Å². The van der Waals surface area contributed by atoms with Crippen LogP contribution in [0.4, 0.5) is 0 Å². The number of nitrogens with zero attached hydrogens (tertiary/aromatic N) is 1. The Balaban J connectivity index is 1.59. The van der Waals surface area contributed by atoms with E-state index in [0.717, 1.165) is 18.2 Å². The molecule has 4 aromatic rings. The molecule has 0 aliphatic rings. The molecule has 0 saturated carbocycles. The van der Waals surface area contributed by atoms with Crippen molar-refractivity contribution in [1.29, 1.82) is 0 Å². The third-order valence-electron chi connectivity index (χ3n) is 5.47. The van der Waals surface area contributed by atoms with Crippen molar-refractivity contribution in [2.24, 2.45) is 5.92 Å². The van der Waals surface area contributed by atoms with E-state index in [2.05, 4.69) is 55.3 Å². The molecule has 5 nitrogen and oxygen atoms in total. The molecule has 5 heteroatoms. The number of fused-ring (bicyclic) bond motifs is 3. The molecular weight excluding hydrogens is 362 g/mol. The van der Waals surface area contributed by atoms with Crippen LogP contribution in [-0.4, -0.2) is 9.97 Å². The Labute approximate surface area is 170 Å². The summed E-state index contributed by atoms with van der Waals surface area (Å²) in [6, 6.07) is 16.8. The van der Waals surface area contributed by atoms with Crippen LogP contribution in [0.5, 0.6) is 0 Å². The zero-order valence-corrected chi connectivity index (χ0v) is 17.2. The van der Waals surface area contributed by atoms with E-state index in [1.165, 1.54) is 11.1 Å². The van der Waals surface area contributed by atoms with Gasteiger partial charge in [-0.3, -0.25) is 4.79 Å². The number of quaternary nitrogens is 1. The number of furan rings is 1. The van der Waals surface area contributed by atoms with Crippen molar-refractivity contribution in [1.82, 2.24) is 9.97 Å². The van der Waals surface area contributed by atoms with Crippen LogP contribution in [-0.2, 0) is 13.0 Å². The van der Waals surface area contributed by atoms with Crippen LogP contribution >= 0.6 is 0 Å². The molecule has 0 radical (unpaired) electrons. The van der Waals surface area contributed by atoms with Gasteiger partial charge in [0.05, 0.1) is 0 Å². The molecule has 0 aliphatic carbocycles. The molecule has 4 rings (SSSR count). The standard InChI is InChI=1S/C24H27N3O2/c1-4-7-16-10-12-17(13-11-16)21(15(2)3)25-14-20-26-22-18-8-5-6-9-19(18)29-23(22)24(28)27-20/h5-6,8-13,15,21,25H,4,7,14H2,1-3H3,(H,26,27,28)/p+1/t21-/m1/s1. The first kappa shape index (κ1) is 19.4. The lowest BCUT2D eigenvalue weighted by molar-refractivity contribution is -0.718. The average Bonchev–Trinajstić information content (AvgIpc) is 3.09. The number of aromatic nitrogens is 2. The Bertz CT molecular complexity index is 1170. The molecule has 2 heterocycles. The maximum absolute atomic E-state index is 12.5. The number of hydrogen-bond acceptors (Lipinski definition) is 3. The van der Waals surface area contributed by atoms with Crippen LogP contribution in [0.2, 0.25) is 0 Å². The lowest BCUT2D eigenvalue weighted by atomic mass is 9.94. The topological polar surface area (TPSA) is 75.5 Å². The van der Waals surface area contributed by atoms with Gasteiger partial charge in [-0.2, -0.15) is 0 Å². The smallest absolute Gasteiger partial charge is 0.294 e. The van der Waals surface area contributed by atoms with Gasteiger partial charge >= 0.3 is 0 Å². The molecule has 29 heavy (non-hydrogen) atoms. The third kappa shape index (κ3) is 3.96. The molecule has 2 aromatic heterocycles. The van der Waals surface area contributed by atoms with Gasteiger partial charge in [0.25, 0.3) is 5.56 Å². The van der Waals surface area contributed by atoms with Gasteiger partial charge in [0.2, 0.25) is 5.58 Å². The first-order valence-corrected chi connectivity index (χ1v) is 10.4. The van der Waals surface area contributed by atoms with Crippen molar-refractivity contribution in [2.75, 3.05) is 0 Å². The Morgan fingerprint density at radius 3 is 2.59 bits per heavy atom. The minimum absolute atomic E-state index is 0.223. The highest BCUT2D eigenvalue weighted by molar-refractivity contribution is 6.01. The Morgan fingerprint density at radius 1 is 1.10 bits per heavy atom. The number of aryl methyl sites for hydroxylation is 1. The van der Waals surface area contributed by atoms with E-state index in [1.54, 1.807) is 0 Å². The number of nitrogens with one attached hydrogen (secondary N) is 1. The quantitative estimate of drug-likeness (QED) is 0.499. The summed E-state index contributed by atoms with van der Waals surface area (Å²) >= 11 is 0. The molecule has 0 spiro atoms. The summed E-state index contributed by atoms with van der Waals surface area (Å²) in [5, 5.41) is 3.13. The predicted molar refractivity (Wildman–Crippen MR) is 116 cm³/mol. The molecule has 3 N–H and O–H groups in total. The van der Waals surface area contributed by atoms with E-state index in [-0.39, 0.29) is 5.56 Å². The number of hydrogen-bond donors (Lipinski definition) is 2. The SMILES string of the molecule is CCCc1ccc([C@H]([NH2+]Cc2nc3c(oc4ccccc43)c(=O)[nH]2)C(C)C)cc1. The summed E-state index contributed by atoms with van der Waals surface area (Å²) in [6.45, 7) is 7.25. The number of aromatic amines is 1. The number of H-pyrrole nitrogens is 1. The molecule has 0 saturated heterocycles. The van der Waals surface area contributed by atoms with Crippen LogP contribution in [0.3, 0.4) is 0 Å². The van der Waals surface area contributed by atoms with Gasteiger partial charge in [-0.15, -0.1) is 0 Å². The molecule has 0 amide bonds. The summed E-state index contributed by atoms with van der Waals surface area (Å²) in [5.41, 5.74) is 4.08. The predicted octanol–water partition coefficient (Wildman–Crippen LogP) is 4.08. The second kappa shape index (κ2) is 8.21. The van der Waals surface area contributed by atoms with Crippen molar-refractivity contribution in [3.63, 3.8) is 0 Å². The zero-order valence-electron chi connectivity index (χ0n) is 17.2. The van der Waals surface area contributed by atoms with Crippen molar-refractivity contribution < 1.29 is 9.73 Å². The first-order valence-electron chi connectivity index (χ1n) is 10.4. The van der Waals surface area contributed by atoms with Gasteiger partial charge in [-0.05, 0) is 24.1 Å². The molecule has 0 unspecified atom stereocenters. The second-order valence-electron chi connectivity index (χ2n) is 7.99. The molecule has 0 fully saturated rings. The number of benzene rings is 2. The van der Waals surface area contributed by atoms with Gasteiger partial charge in [0, 0.05) is 16.9 Å². The van der Waals surface area contributed by atoms with Crippen LogP contribution in [0.25, 0.3) is 22.1 Å². The fourth-order valence-electron chi connectivity index (χ4n) is 3.97. The van der Waals surface area contributed by atoms with E-state index in [9.17, 15) is 4.79 Å².